The summed E-state index contributed by atoms with van der Waals surface area (Å²) in [7, 11) is 0. The molecule has 0 saturated carbocycles. The number of carbonyl (C=O) groups is 1. The summed E-state index contributed by atoms with van der Waals surface area (Å²) in [6, 6.07) is 22.3. The molecule has 3 heteroatoms. The van der Waals surface area contributed by atoms with Crippen molar-refractivity contribution in [2.24, 2.45) is 0 Å². The van der Waals surface area contributed by atoms with E-state index in [1.807, 2.05) is 54.3 Å². The average Bonchev–Trinajstić information content (AvgIpc) is 3.10. The largest absolute Gasteiger partial charge is 0.348 e. The third-order valence-corrected chi connectivity index (χ3v) is 4.79. The van der Waals surface area contributed by atoms with E-state index in [1.54, 1.807) is 0 Å². The van der Waals surface area contributed by atoms with Crippen LogP contribution in [0.4, 0.5) is 0 Å². The van der Waals surface area contributed by atoms with Crippen LogP contribution in [0.3, 0.4) is 0 Å². The second-order valence-corrected chi connectivity index (χ2v) is 6.25. The highest BCUT2D eigenvalue weighted by Crippen LogP contribution is 2.33. The van der Waals surface area contributed by atoms with Gasteiger partial charge in [0.05, 0.1) is 6.04 Å². The van der Waals surface area contributed by atoms with Crippen molar-refractivity contribution < 1.29 is 4.79 Å². The van der Waals surface area contributed by atoms with Gasteiger partial charge in [0, 0.05) is 30.5 Å². The highest BCUT2D eigenvalue weighted by atomic mass is 16.2. The molecule has 2 aromatic carbocycles. The average molecular weight is 316 g/mol. The number of rotatable bonds is 2. The Labute approximate surface area is 142 Å². The molecule has 120 valence electrons. The summed E-state index contributed by atoms with van der Waals surface area (Å²) < 4.78 is 2.25. The number of carbonyl (C=O) groups excluding carboxylic acids is 1. The van der Waals surface area contributed by atoms with Crippen LogP contribution in [0.5, 0.6) is 0 Å². The lowest BCUT2D eigenvalue weighted by Crippen LogP contribution is -2.42. The van der Waals surface area contributed by atoms with Crippen molar-refractivity contribution >= 4 is 5.91 Å². The molecule has 0 radical (unpaired) electrons. The summed E-state index contributed by atoms with van der Waals surface area (Å²) in [6.07, 6.45) is 2.10. The predicted molar refractivity (Wildman–Crippen MR) is 94.9 cm³/mol. The highest BCUT2D eigenvalue weighted by molar-refractivity contribution is 5.96. The lowest BCUT2D eigenvalue weighted by Gasteiger charge is -2.37. The Hall–Kier alpha value is -2.81. The summed E-state index contributed by atoms with van der Waals surface area (Å²) in [5.41, 5.74) is 4.14. The molecule has 0 N–H and O–H groups in total. The molecule has 0 unspecified atom stereocenters. The summed E-state index contributed by atoms with van der Waals surface area (Å²) in [5, 5.41) is 0. The molecule has 0 spiro atoms. The summed E-state index contributed by atoms with van der Waals surface area (Å²) >= 11 is 0. The van der Waals surface area contributed by atoms with Crippen molar-refractivity contribution in [3.05, 3.63) is 95.3 Å². The number of hydrogen-bond donors (Lipinski definition) is 0. The number of aromatic nitrogens is 1. The monoisotopic (exact) mass is 316 g/mol. The minimum Gasteiger partial charge on any atom is -0.348 e. The van der Waals surface area contributed by atoms with Gasteiger partial charge in [0.15, 0.2) is 0 Å². The van der Waals surface area contributed by atoms with Gasteiger partial charge >= 0.3 is 0 Å². The molecule has 1 amide bonds. The fraction of sp³-hybridized carbons (Fsp3) is 0.190. The third-order valence-electron chi connectivity index (χ3n) is 4.79. The van der Waals surface area contributed by atoms with Crippen molar-refractivity contribution in [3.8, 4) is 0 Å². The molecule has 1 aliphatic heterocycles. The van der Waals surface area contributed by atoms with Gasteiger partial charge in [-0.25, -0.2) is 0 Å². The Morgan fingerprint density at radius 1 is 0.917 bits per heavy atom. The minimum absolute atomic E-state index is 0.0398. The van der Waals surface area contributed by atoms with Crippen LogP contribution in [0.25, 0.3) is 0 Å². The van der Waals surface area contributed by atoms with Crippen LogP contribution >= 0.6 is 0 Å². The van der Waals surface area contributed by atoms with E-state index in [0.29, 0.717) is 6.54 Å². The van der Waals surface area contributed by atoms with Gasteiger partial charge in [0.2, 0.25) is 0 Å². The van der Waals surface area contributed by atoms with Crippen LogP contribution in [0.2, 0.25) is 0 Å². The Balaban J connectivity index is 1.80. The van der Waals surface area contributed by atoms with Gasteiger partial charge in [-0.15, -0.1) is 0 Å². The molecule has 3 nitrogen and oxygen atoms in total. The number of benzene rings is 2. The molecular formula is C21H20N2O. The maximum Gasteiger partial charge on any atom is 0.255 e. The maximum absolute atomic E-state index is 13.3. The van der Waals surface area contributed by atoms with Gasteiger partial charge in [0.25, 0.3) is 5.91 Å². The van der Waals surface area contributed by atoms with E-state index in [-0.39, 0.29) is 11.9 Å². The molecule has 0 saturated heterocycles. The smallest absolute Gasteiger partial charge is 0.255 e. The Morgan fingerprint density at radius 3 is 2.46 bits per heavy atom. The van der Waals surface area contributed by atoms with Crippen LogP contribution in [0.1, 0.15) is 33.2 Å². The highest BCUT2D eigenvalue weighted by Gasteiger charge is 2.32. The zero-order valence-electron chi connectivity index (χ0n) is 13.7. The third kappa shape index (κ3) is 2.42. The molecule has 0 fully saturated rings. The van der Waals surface area contributed by atoms with E-state index in [2.05, 4.69) is 35.0 Å². The lowest BCUT2D eigenvalue weighted by molar-refractivity contribution is 0.0663. The SMILES string of the molecule is Cc1ccccc1C(=O)N1CCn2cccc2[C@H]1c1ccccc1. The van der Waals surface area contributed by atoms with Gasteiger partial charge < -0.3 is 9.47 Å². The molecule has 1 aromatic heterocycles. The van der Waals surface area contributed by atoms with E-state index in [9.17, 15) is 4.79 Å². The molecule has 1 atom stereocenters. The van der Waals surface area contributed by atoms with E-state index in [0.717, 1.165) is 23.2 Å². The van der Waals surface area contributed by atoms with Gasteiger partial charge in [-0.1, -0.05) is 48.5 Å². The number of hydrogen-bond acceptors (Lipinski definition) is 1. The molecule has 4 rings (SSSR count). The Morgan fingerprint density at radius 2 is 1.67 bits per heavy atom. The van der Waals surface area contributed by atoms with Crippen LogP contribution in [0.15, 0.2) is 72.9 Å². The Kier molecular flexibility index (Phi) is 3.69. The van der Waals surface area contributed by atoms with Gasteiger partial charge in [-0.05, 0) is 36.2 Å². The van der Waals surface area contributed by atoms with Crippen molar-refractivity contribution in [1.82, 2.24) is 9.47 Å². The lowest BCUT2D eigenvalue weighted by atomic mass is 9.98. The molecule has 0 bridgehead atoms. The second kappa shape index (κ2) is 6.00. The Bertz CT molecular complexity index is 866. The standard InChI is InChI=1S/C21H20N2O/c1-16-8-5-6-11-18(16)21(24)23-15-14-22-13-7-12-19(22)20(23)17-9-3-2-4-10-17/h2-13,20H,14-15H2,1H3/t20-/m1/s1. The maximum atomic E-state index is 13.3. The number of amides is 1. The van der Waals surface area contributed by atoms with E-state index >= 15 is 0 Å². The van der Waals surface area contributed by atoms with Crippen LogP contribution in [-0.2, 0) is 6.54 Å². The van der Waals surface area contributed by atoms with Crippen molar-refractivity contribution in [2.75, 3.05) is 6.54 Å². The van der Waals surface area contributed by atoms with Crippen LogP contribution < -0.4 is 0 Å². The van der Waals surface area contributed by atoms with Gasteiger partial charge in [-0.3, -0.25) is 4.79 Å². The fourth-order valence-electron chi connectivity index (χ4n) is 3.56. The number of nitrogens with zero attached hydrogens (tertiary/aromatic N) is 2. The van der Waals surface area contributed by atoms with Crippen molar-refractivity contribution in [2.45, 2.75) is 19.5 Å². The molecular weight excluding hydrogens is 296 g/mol. The zero-order chi connectivity index (χ0) is 16.5. The predicted octanol–water partition coefficient (Wildman–Crippen LogP) is 4.04. The van der Waals surface area contributed by atoms with Crippen molar-refractivity contribution in [3.63, 3.8) is 0 Å². The van der Waals surface area contributed by atoms with E-state index in [1.165, 1.54) is 5.69 Å². The zero-order valence-corrected chi connectivity index (χ0v) is 13.7. The minimum atomic E-state index is -0.0398. The topological polar surface area (TPSA) is 25.2 Å². The first-order chi connectivity index (χ1) is 11.8. The van der Waals surface area contributed by atoms with E-state index < -0.39 is 0 Å². The molecule has 3 aromatic rings. The quantitative estimate of drug-likeness (QED) is 0.700. The van der Waals surface area contributed by atoms with E-state index in [4.69, 9.17) is 0 Å². The van der Waals surface area contributed by atoms with Gasteiger partial charge in [-0.2, -0.15) is 0 Å². The molecule has 24 heavy (non-hydrogen) atoms. The van der Waals surface area contributed by atoms with Crippen LogP contribution in [-0.4, -0.2) is 21.9 Å². The molecule has 0 aliphatic carbocycles. The summed E-state index contributed by atoms with van der Waals surface area (Å²) in [5.74, 6) is 0.106. The fourth-order valence-corrected chi connectivity index (χ4v) is 3.56. The second-order valence-electron chi connectivity index (χ2n) is 6.25. The number of aryl methyl sites for hydroxylation is 1. The summed E-state index contributed by atoms with van der Waals surface area (Å²) in [4.78, 5) is 15.3. The normalized spacial score (nSPS) is 16.7. The first kappa shape index (κ1) is 14.8. The number of fused-ring (bicyclic) bond motifs is 1. The molecule has 2 heterocycles. The van der Waals surface area contributed by atoms with Crippen molar-refractivity contribution in [1.29, 1.82) is 0 Å². The first-order valence-corrected chi connectivity index (χ1v) is 8.32. The summed E-state index contributed by atoms with van der Waals surface area (Å²) in [6.45, 7) is 3.55. The first-order valence-electron chi connectivity index (χ1n) is 8.32. The molecule has 1 aliphatic rings. The van der Waals surface area contributed by atoms with Gasteiger partial charge in [0.1, 0.15) is 0 Å². The van der Waals surface area contributed by atoms with Crippen LogP contribution in [0, 0.1) is 6.92 Å².